The standard InChI is InChI=1S/C25H22N2/c1-26-17-18-7-5-10-21(15-18)27-24-12-6-11-22(24)23-16-20(13-14-25(23)27)19-8-3-2-4-9-19/h2-10,12-16,26H,11,17H2,1H3. The van der Waals surface area contributed by atoms with E-state index in [2.05, 4.69) is 94.8 Å². The van der Waals surface area contributed by atoms with Crippen molar-refractivity contribution in [2.24, 2.45) is 0 Å². The van der Waals surface area contributed by atoms with Crippen LogP contribution in [-0.2, 0) is 13.0 Å². The largest absolute Gasteiger partial charge is 0.316 e. The third-order valence-corrected chi connectivity index (χ3v) is 5.37. The number of benzene rings is 3. The number of rotatable bonds is 4. The Kier molecular flexibility index (Phi) is 3.92. The van der Waals surface area contributed by atoms with Crippen LogP contribution in [0.25, 0.3) is 33.8 Å². The minimum atomic E-state index is 0.878. The van der Waals surface area contributed by atoms with Crippen molar-refractivity contribution in [3.8, 4) is 16.8 Å². The van der Waals surface area contributed by atoms with Gasteiger partial charge in [-0.05, 0) is 66.1 Å². The summed E-state index contributed by atoms with van der Waals surface area (Å²) in [5.41, 5.74) is 9.10. The van der Waals surface area contributed by atoms with Crippen molar-refractivity contribution in [1.29, 1.82) is 0 Å². The Labute approximate surface area is 159 Å². The third kappa shape index (κ3) is 2.70. The lowest BCUT2D eigenvalue weighted by Crippen LogP contribution is -2.06. The van der Waals surface area contributed by atoms with Crippen molar-refractivity contribution in [1.82, 2.24) is 9.88 Å². The molecule has 0 atom stereocenters. The maximum absolute atomic E-state index is 3.25. The lowest BCUT2D eigenvalue weighted by Gasteiger charge is -2.11. The fourth-order valence-electron chi connectivity index (χ4n) is 4.15. The van der Waals surface area contributed by atoms with Crippen LogP contribution in [0.1, 0.15) is 16.8 Å². The van der Waals surface area contributed by atoms with Gasteiger partial charge in [-0.3, -0.25) is 0 Å². The first-order valence-corrected chi connectivity index (χ1v) is 9.48. The molecule has 132 valence electrons. The van der Waals surface area contributed by atoms with Crippen molar-refractivity contribution in [3.05, 3.63) is 95.7 Å². The van der Waals surface area contributed by atoms with Crippen LogP contribution < -0.4 is 5.32 Å². The highest BCUT2D eigenvalue weighted by Gasteiger charge is 2.19. The first-order chi connectivity index (χ1) is 13.3. The quantitative estimate of drug-likeness (QED) is 0.508. The molecule has 1 N–H and O–H groups in total. The summed E-state index contributed by atoms with van der Waals surface area (Å²) in [7, 11) is 1.99. The number of allylic oxidation sites excluding steroid dienone is 1. The second kappa shape index (κ2) is 6.57. The maximum atomic E-state index is 3.25. The SMILES string of the molecule is CNCc1cccc(-n2c3c(c4cc(-c5ccccc5)ccc42)CC=C3)c1. The van der Waals surface area contributed by atoms with Gasteiger partial charge in [-0.2, -0.15) is 0 Å². The molecule has 0 fully saturated rings. The van der Waals surface area contributed by atoms with E-state index < -0.39 is 0 Å². The summed E-state index contributed by atoms with van der Waals surface area (Å²) in [6.45, 7) is 0.878. The molecule has 0 saturated carbocycles. The van der Waals surface area contributed by atoms with Crippen molar-refractivity contribution in [2.75, 3.05) is 7.05 Å². The van der Waals surface area contributed by atoms with Gasteiger partial charge in [-0.1, -0.05) is 54.6 Å². The molecule has 5 rings (SSSR count). The summed E-state index contributed by atoms with van der Waals surface area (Å²) in [6, 6.07) is 26.3. The van der Waals surface area contributed by atoms with Gasteiger partial charge in [0.1, 0.15) is 0 Å². The highest BCUT2D eigenvalue weighted by Crippen LogP contribution is 2.36. The second-order valence-corrected chi connectivity index (χ2v) is 7.10. The van der Waals surface area contributed by atoms with Gasteiger partial charge in [0.05, 0.1) is 11.2 Å². The summed E-state index contributed by atoms with van der Waals surface area (Å²) in [4.78, 5) is 0. The van der Waals surface area contributed by atoms with Gasteiger partial charge in [0.25, 0.3) is 0 Å². The van der Waals surface area contributed by atoms with Gasteiger partial charge in [0, 0.05) is 17.6 Å². The molecule has 4 aromatic rings. The molecule has 0 amide bonds. The van der Waals surface area contributed by atoms with Gasteiger partial charge in [0.2, 0.25) is 0 Å². The number of aromatic nitrogens is 1. The number of nitrogens with one attached hydrogen (secondary N) is 1. The molecule has 0 bridgehead atoms. The van der Waals surface area contributed by atoms with Crippen molar-refractivity contribution in [2.45, 2.75) is 13.0 Å². The summed E-state index contributed by atoms with van der Waals surface area (Å²) in [5, 5.41) is 4.61. The molecule has 1 aliphatic carbocycles. The summed E-state index contributed by atoms with van der Waals surface area (Å²) in [5.74, 6) is 0. The molecule has 3 aromatic carbocycles. The second-order valence-electron chi connectivity index (χ2n) is 7.10. The maximum Gasteiger partial charge on any atom is 0.0538 e. The Hall–Kier alpha value is -3.10. The molecule has 2 heteroatoms. The Morgan fingerprint density at radius 2 is 1.78 bits per heavy atom. The zero-order valence-corrected chi connectivity index (χ0v) is 15.4. The van der Waals surface area contributed by atoms with E-state index in [1.807, 2.05) is 7.05 Å². The topological polar surface area (TPSA) is 17.0 Å². The fraction of sp³-hybridized carbons (Fsp3) is 0.120. The number of fused-ring (bicyclic) bond motifs is 3. The van der Waals surface area contributed by atoms with Crippen LogP contribution in [0.5, 0.6) is 0 Å². The highest BCUT2D eigenvalue weighted by molar-refractivity contribution is 5.94. The molecule has 0 unspecified atom stereocenters. The molecule has 0 aliphatic heterocycles. The first kappa shape index (κ1) is 16.1. The Morgan fingerprint density at radius 1 is 0.889 bits per heavy atom. The van der Waals surface area contributed by atoms with Crippen LogP contribution in [0.3, 0.4) is 0 Å². The number of hydrogen-bond donors (Lipinski definition) is 1. The van der Waals surface area contributed by atoms with E-state index in [9.17, 15) is 0 Å². The molecular formula is C25H22N2. The Balaban J connectivity index is 1.72. The lowest BCUT2D eigenvalue weighted by molar-refractivity contribution is 0.816. The van der Waals surface area contributed by atoms with Crippen molar-refractivity contribution < 1.29 is 0 Å². The summed E-state index contributed by atoms with van der Waals surface area (Å²) in [6.07, 6.45) is 5.54. The van der Waals surface area contributed by atoms with Crippen LogP contribution >= 0.6 is 0 Å². The molecule has 1 heterocycles. The van der Waals surface area contributed by atoms with Crippen molar-refractivity contribution in [3.63, 3.8) is 0 Å². The summed E-state index contributed by atoms with van der Waals surface area (Å²) < 4.78 is 2.40. The zero-order valence-electron chi connectivity index (χ0n) is 15.4. The monoisotopic (exact) mass is 350 g/mol. The van der Waals surface area contributed by atoms with E-state index in [0.29, 0.717) is 0 Å². The van der Waals surface area contributed by atoms with Crippen LogP contribution in [0.4, 0.5) is 0 Å². The molecule has 27 heavy (non-hydrogen) atoms. The van der Waals surface area contributed by atoms with E-state index in [1.54, 1.807) is 0 Å². The first-order valence-electron chi connectivity index (χ1n) is 9.48. The van der Waals surface area contributed by atoms with E-state index in [0.717, 1.165) is 13.0 Å². The van der Waals surface area contributed by atoms with Crippen molar-refractivity contribution >= 4 is 17.0 Å². The smallest absolute Gasteiger partial charge is 0.0538 e. The van der Waals surface area contributed by atoms with Gasteiger partial charge in [0.15, 0.2) is 0 Å². The van der Waals surface area contributed by atoms with Gasteiger partial charge < -0.3 is 9.88 Å². The zero-order chi connectivity index (χ0) is 18.2. The van der Waals surface area contributed by atoms with Gasteiger partial charge >= 0.3 is 0 Å². The van der Waals surface area contributed by atoms with E-state index in [1.165, 1.54) is 44.5 Å². The average molecular weight is 350 g/mol. The van der Waals surface area contributed by atoms with E-state index in [4.69, 9.17) is 0 Å². The minimum absolute atomic E-state index is 0.878. The Bertz CT molecular complexity index is 1150. The molecule has 2 nitrogen and oxygen atoms in total. The lowest BCUT2D eigenvalue weighted by atomic mass is 10.0. The summed E-state index contributed by atoms with van der Waals surface area (Å²) >= 11 is 0. The molecule has 0 radical (unpaired) electrons. The van der Waals surface area contributed by atoms with Crippen LogP contribution in [0.15, 0.2) is 78.9 Å². The third-order valence-electron chi connectivity index (χ3n) is 5.37. The van der Waals surface area contributed by atoms with Gasteiger partial charge in [-0.15, -0.1) is 0 Å². The molecule has 0 saturated heterocycles. The van der Waals surface area contributed by atoms with Crippen LogP contribution in [-0.4, -0.2) is 11.6 Å². The van der Waals surface area contributed by atoms with Crippen LogP contribution in [0.2, 0.25) is 0 Å². The van der Waals surface area contributed by atoms with E-state index >= 15 is 0 Å². The van der Waals surface area contributed by atoms with E-state index in [-0.39, 0.29) is 0 Å². The normalized spacial score (nSPS) is 12.6. The predicted octanol–water partition coefficient (Wildman–Crippen LogP) is 5.59. The number of nitrogens with zero attached hydrogens (tertiary/aromatic N) is 1. The highest BCUT2D eigenvalue weighted by atomic mass is 15.0. The average Bonchev–Trinajstić information content (AvgIpc) is 3.29. The number of hydrogen-bond acceptors (Lipinski definition) is 1. The Morgan fingerprint density at radius 3 is 2.63 bits per heavy atom. The molecule has 0 spiro atoms. The molecule has 1 aliphatic rings. The fourth-order valence-corrected chi connectivity index (χ4v) is 4.15. The minimum Gasteiger partial charge on any atom is -0.316 e. The van der Waals surface area contributed by atoms with Crippen LogP contribution in [0, 0.1) is 0 Å². The molecule has 1 aromatic heterocycles. The van der Waals surface area contributed by atoms with Gasteiger partial charge in [-0.25, -0.2) is 0 Å². The predicted molar refractivity (Wildman–Crippen MR) is 114 cm³/mol. The molecular weight excluding hydrogens is 328 g/mol.